The topological polar surface area (TPSA) is 75.4 Å². The van der Waals surface area contributed by atoms with Gasteiger partial charge in [0.2, 0.25) is 0 Å². The van der Waals surface area contributed by atoms with Crippen molar-refractivity contribution in [2.45, 2.75) is 19.4 Å². The van der Waals surface area contributed by atoms with Gasteiger partial charge in [0.1, 0.15) is 5.69 Å². The molecule has 0 aliphatic carbocycles. The van der Waals surface area contributed by atoms with Crippen molar-refractivity contribution in [3.63, 3.8) is 0 Å². The van der Waals surface area contributed by atoms with Gasteiger partial charge in [-0.1, -0.05) is 18.2 Å². The zero-order valence-electron chi connectivity index (χ0n) is 11.8. The summed E-state index contributed by atoms with van der Waals surface area (Å²) >= 11 is 0. The predicted molar refractivity (Wildman–Crippen MR) is 76.6 cm³/mol. The van der Waals surface area contributed by atoms with E-state index in [2.05, 4.69) is 5.10 Å². The molecule has 1 amide bonds. The summed E-state index contributed by atoms with van der Waals surface area (Å²) in [5.41, 5.74) is 2.16. The third kappa shape index (κ3) is 2.08. The van der Waals surface area contributed by atoms with Crippen LogP contribution in [0, 0.1) is 0 Å². The fraction of sp³-hybridized carbons (Fsp3) is 0.267. The smallest absolute Gasteiger partial charge is 0.356 e. The summed E-state index contributed by atoms with van der Waals surface area (Å²) in [5, 5.41) is 12.8. The van der Waals surface area contributed by atoms with E-state index in [1.165, 1.54) is 10.7 Å². The first-order chi connectivity index (χ1) is 9.99. The molecule has 1 aromatic carbocycles. The second kappa shape index (κ2) is 4.73. The highest BCUT2D eigenvalue weighted by Gasteiger charge is 2.33. The number of nitrogens with zero attached hydrogens (tertiary/aromatic N) is 3. The first-order valence-electron chi connectivity index (χ1n) is 6.68. The maximum absolute atomic E-state index is 12.7. The van der Waals surface area contributed by atoms with Crippen LogP contribution in [-0.2, 0) is 13.5 Å². The number of carbonyl (C=O) groups excluding carboxylic acids is 1. The molecule has 0 unspecified atom stereocenters. The molecule has 6 heteroatoms. The number of amides is 1. The number of para-hydroxylation sites is 1. The van der Waals surface area contributed by atoms with Crippen molar-refractivity contribution in [1.29, 1.82) is 0 Å². The van der Waals surface area contributed by atoms with Crippen molar-refractivity contribution >= 4 is 17.6 Å². The summed E-state index contributed by atoms with van der Waals surface area (Å²) < 4.78 is 1.32. The van der Waals surface area contributed by atoms with E-state index in [1.54, 1.807) is 11.9 Å². The fourth-order valence-corrected chi connectivity index (χ4v) is 2.77. The standard InChI is InChI=1S/C15H15N3O3/c1-9-7-10-5-3-4-6-12(10)18(9)14(19)13-8-11(15(20)21)16-17(13)2/h3-6,8-9H,7H2,1-2H3,(H,20,21)/t9-/m1/s1. The molecular formula is C15H15N3O3. The van der Waals surface area contributed by atoms with Crippen LogP contribution in [0.5, 0.6) is 0 Å². The van der Waals surface area contributed by atoms with Gasteiger partial charge >= 0.3 is 5.97 Å². The highest BCUT2D eigenvalue weighted by Crippen LogP contribution is 2.33. The summed E-state index contributed by atoms with van der Waals surface area (Å²) in [7, 11) is 1.58. The summed E-state index contributed by atoms with van der Waals surface area (Å²) in [5.74, 6) is -1.37. The minimum Gasteiger partial charge on any atom is -0.476 e. The van der Waals surface area contributed by atoms with E-state index in [0.717, 1.165) is 17.7 Å². The first-order valence-corrected chi connectivity index (χ1v) is 6.68. The van der Waals surface area contributed by atoms with Crippen LogP contribution in [0.3, 0.4) is 0 Å². The molecule has 2 heterocycles. The summed E-state index contributed by atoms with van der Waals surface area (Å²) in [4.78, 5) is 25.4. The minimum atomic E-state index is -1.14. The van der Waals surface area contributed by atoms with Gasteiger partial charge in [0.25, 0.3) is 5.91 Å². The van der Waals surface area contributed by atoms with Gasteiger partial charge in [0.05, 0.1) is 0 Å². The maximum atomic E-state index is 12.7. The quantitative estimate of drug-likeness (QED) is 0.911. The van der Waals surface area contributed by atoms with Crippen LogP contribution in [0.15, 0.2) is 30.3 Å². The lowest BCUT2D eigenvalue weighted by molar-refractivity contribution is 0.0689. The lowest BCUT2D eigenvalue weighted by Crippen LogP contribution is -2.36. The number of fused-ring (bicyclic) bond motifs is 1. The highest BCUT2D eigenvalue weighted by molar-refractivity contribution is 6.07. The van der Waals surface area contributed by atoms with Crippen LogP contribution in [0.1, 0.15) is 33.5 Å². The van der Waals surface area contributed by atoms with Gasteiger partial charge in [-0.2, -0.15) is 5.10 Å². The number of aromatic carboxylic acids is 1. The Bertz CT molecular complexity index is 736. The van der Waals surface area contributed by atoms with Crippen molar-refractivity contribution in [1.82, 2.24) is 9.78 Å². The molecule has 3 rings (SSSR count). The van der Waals surface area contributed by atoms with Crippen LogP contribution in [-0.4, -0.2) is 32.8 Å². The van der Waals surface area contributed by atoms with Crippen molar-refractivity contribution in [3.05, 3.63) is 47.3 Å². The van der Waals surface area contributed by atoms with Gasteiger partial charge in [-0.15, -0.1) is 0 Å². The largest absolute Gasteiger partial charge is 0.476 e. The molecule has 0 radical (unpaired) electrons. The second-order valence-electron chi connectivity index (χ2n) is 5.20. The number of rotatable bonds is 2. The Morgan fingerprint density at radius 1 is 1.33 bits per heavy atom. The zero-order valence-corrected chi connectivity index (χ0v) is 11.8. The number of carbonyl (C=O) groups is 2. The molecule has 0 bridgehead atoms. The Hall–Kier alpha value is -2.63. The van der Waals surface area contributed by atoms with Gasteiger partial charge < -0.3 is 10.0 Å². The van der Waals surface area contributed by atoms with Crippen molar-refractivity contribution < 1.29 is 14.7 Å². The molecule has 0 saturated carbocycles. The SMILES string of the molecule is C[C@@H]1Cc2ccccc2N1C(=O)c1cc(C(=O)O)nn1C. The molecule has 1 N–H and O–H groups in total. The Morgan fingerprint density at radius 3 is 2.71 bits per heavy atom. The third-order valence-corrected chi connectivity index (χ3v) is 3.74. The van der Waals surface area contributed by atoms with E-state index in [4.69, 9.17) is 5.11 Å². The summed E-state index contributed by atoms with van der Waals surface area (Å²) in [6.45, 7) is 1.98. The number of hydrogen-bond acceptors (Lipinski definition) is 3. The highest BCUT2D eigenvalue weighted by atomic mass is 16.4. The molecule has 1 aromatic heterocycles. The second-order valence-corrected chi connectivity index (χ2v) is 5.20. The molecule has 0 spiro atoms. The Labute approximate surface area is 121 Å². The van der Waals surface area contributed by atoms with E-state index in [1.807, 2.05) is 31.2 Å². The normalized spacial score (nSPS) is 16.9. The minimum absolute atomic E-state index is 0.0399. The van der Waals surface area contributed by atoms with Crippen molar-refractivity contribution in [2.75, 3.05) is 4.90 Å². The van der Waals surface area contributed by atoms with Crippen molar-refractivity contribution in [2.24, 2.45) is 7.05 Å². The lowest BCUT2D eigenvalue weighted by atomic mass is 10.1. The Morgan fingerprint density at radius 2 is 2.05 bits per heavy atom. The van der Waals surface area contributed by atoms with Crippen LogP contribution >= 0.6 is 0 Å². The Balaban J connectivity index is 2.01. The average molecular weight is 285 g/mol. The number of anilines is 1. The maximum Gasteiger partial charge on any atom is 0.356 e. The summed E-state index contributed by atoms with van der Waals surface area (Å²) in [6.07, 6.45) is 0.797. The van der Waals surface area contributed by atoms with Gasteiger partial charge in [-0.3, -0.25) is 9.48 Å². The number of aryl methyl sites for hydroxylation is 1. The number of aromatic nitrogens is 2. The van der Waals surface area contributed by atoms with Gasteiger partial charge in [0, 0.05) is 24.8 Å². The van der Waals surface area contributed by atoms with E-state index in [0.29, 0.717) is 0 Å². The molecule has 108 valence electrons. The van der Waals surface area contributed by atoms with E-state index < -0.39 is 5.97 Å². The van der Waals surface area contributed by atoms with Crippen molar-refractivity contribution in [3.8, 4) is 0 Å². The monoisotopic (exact) mass is 285 g/mol. The Kier molecular flexibility index (Phi) is 3.01. The van der Waals surface area contributed by atoms with E-state index in [-0.39, 0.29) is 23.3 Å². The van der Waals surface area contributed by atoms with E-state index >= 15 is 0 Å². The third-order valence-electron chi connectivity index (χ3n) is 3.74. The molecule has 1 aliphatic heterocycles. The molecule has 1 aliphatic rings. The summed E-state index contributed by atoms with van der Waals surface area (Å²) in [6, 6.07) is 9.11. The van der Waals surface area contributed by atoms with Gasteiger partial charge in [-0.05, 0) is 25.0 Å². The molecule has 1 atom stereocenters. The number of hydrogen-bond donors (Lipinski definition) is 1. The van der Waals surface area contributed by atoms with Crippen LogP contribution in [0.2, 0.25) is 0 Å². The predicted octanol–water partition coefficient (Wildman–Crippen LogP) is 1.71. The number of carboxylic acid groups (broad SMARTS) is 1. The molecule has 0 fully saturated rings. The van der Waals surface area contributed by atoms with Crippen LogP contribution in [0.25, 0.3) is 0 Å². The average Bonchev–Trinajstić information content (AvgIpc) is 2.97. The zero-order chi connectivity index (χ0) is 15.1. The molecule has 6 nitrogen and oxygen atoms in total. The number of benzene rings is 1. The molecule has 0 saturated heterocycles. The molecule has 2 aromatic rings. The molecular weight excluding hydrogens is 270 g/mol. The molecule has 21 heavy (non-hydrogen) atoms. The number of carboxylic acids is 1. The van der Waals surface area contributed by atoms with E-state index in [9.17, 15) is 9.59 Å². The lowest BCUT2D eigenvalue weighted by Gasteiger charge is -2.22. The van der Waals surface area contributed by atoms with Gasteiger partial charge in [0.15, 0.2) is 5.69 Å². The van der Waals surface area contributed by atoms with Crippen LogP contribution in [0.4, 0.5) is 5.69 Å². The fourth-order valence-electron chi connectivity index (χ4n) is 2.77. The van der Waals surface area contributed by atoms with Gasteiger partial charge in [-0.25, -0.2) is 4.79 Å². The first kappa shape index (κ1) is 13.4. The van der Waals surface area contributed by atoms with Crippen LogP contribution < -0.4 is 4.90 Å².